The minimum Gasteiger partial charge on any atom is -0.443 e. The smallest absolute Gasteiger partial charge is 0.423 e. The molecule has 0 unspecified atom stereocenters. The van der Waals surface area contributed by atoms with Gasteiger partial charge in [0, 0.05) is 22.6 Å². The lowest BCUT2D eigenvalue weighted by atomic mass is 9.97. The number of ether oxygens (including phenoxy) is 1. The van der Waals surface area contributed by atoms with Crippen LogP contribution >= 0.6 is 15.9 Å². The van der Waals surface area contributed by atoms with Gasteiger partial charge < -0.3 is 4.74 Å². The van der Waals surface area contributed by atoms with E-state index < -0.39 is 32.3 Å². The van der Waals surface area contributed by atoms with E-state index in [1.807, 2.05) is 0 Å². The van der Waals surface area contributed by atoms with Gasteiger partial charge in [-0.2, -0.15) is 0 Å². The molecule has 0 bridgehead atoms. The third-order valence-corrected chi connectivity index (χ3v) is 7.72. The van der Waals surface area contributed by atoms with E-state index in [-0.39, 0.29) is 5.78 Å². The zero-order valence-electron chi connectivity index (χ0n) is 18.2. The number of carbonyl (C=O) groups excluding carboxylic acids is 2. The van der Waals surface area contributed by atoms with Crippen molar-refractivity contribution in [2.24, 2.45) is 0 Å². The van der Waals surface area contributed by atoms with Crippen molar-refractivity contribution in [3.05, 3.63) is 69.4 Å². The van der Waals surface area contributed by atoms with Crippen molar-refractivity contribution in [2.45, 2.75) is 45.0 Å². The molecule has 0 aliphatic rings. The summed E-state index contributed by atoms with van der Waals surface area (Å²) in [5, 5.41) is 0. The Balaban J connectivity index is 2.38. The minimum atomic E-state index is -4.16. The lowest BCUT2D eigenvalue weighted by molar-refractivity contribution is 0.0417. The van der Waals surface area contributed by atoms with Crippen LogP contribution in [0.15, 0.2) is 46.9 Å². The minimum absolute atomic E-state index is 0.295. The van der Waals surface area contributed by atoms with Gasteiger partial charge in [-0.25, -0.2) is 21.9 Å². The van der Waals surface area contributed by atoms with Gasteiger partial charge in [-0.1, -0.05) is 22.0 Å². The average Bonchev–Trinajstić information content (AvgIpc) is 2.65. The van der Waals surface area contributed by atoms with Gasteiger partial charge in [-0.05, 0) is 76.6 Å². The molecule has 0 heterocycles. The van der Waals surface area contributed by atoms with Crippen LogP contribution in [0.3, 0.4) is 0 Å². The number of sulfonamides is 1. The summed E-state index contributed by atoms with van der Waals surface area (Å²) in [4.78, 5) is 25.0. The molecule has 0 atom stereocenters. The fourth-order valence-electron chi connectivity index (χ4n) is 2.75. The van der Waals surface area contributed by atoms with Crippen LogP contribution in [-0.4, -0.2) is 37.2 Å². The molecule has 2 aromatic carbocycles. The summed E-state index contributed by atoms with van der Waals surface area (Å²) in [6.45, 7) is 7.86. The average molecular weight is 514 g/mol. The number of ketones is 1. The molecule has 1 amide bonds. The van der Waals surface area contributed by atoms with E-state index in [2.05, 4.69) is 15.9 Å². The number of amides is 1. The third kappa shape index (κ3) is 5.33. The highest BCUT2D eigenvalue weighted by Crippen LogP contribution is 2.35. The lowest BCUT2D eigenvalue weighted by Crippen LogP contribution is -2.45. The molecule has 0 fully saturated rings. The third-order valence-electron chi connectivity index (χ3n) is 4.67. The molecule has 0 saturated carbocycles. The molecule has 2 aromatic rings. The maximum atomic E-state index is 13.2. The summed E-state index contributed by atoms with van der Waals surface area (Å²) in [7, 11) is -3.01. The first-order valence-corrected chi connectivity index (χ1v) is 11.6. The van der Waals surface area contributed by atoms with Crippen molar-refractivity contribution >= 4 is 37.8 Å². The van der Waals surface area contributed by atoms with Crippen LogP contribution in [0.2, 0.25) is 0 Å². The van der Waals surface area contributed by atoms with Gasteiger partial charge in [0.05, 0.1) is 0 Å². The fraction of sp³-hybridized carbons (Fsp3) is 0.364. The lowest BCUT2D eigenvalue weighted by Gasteiger charge is -2.32. The van der Waals surface area contributed by atoms with Crippen molar-refractivity contribution < 1.29 is 27.1 Å². The Morgan fingerprint density at radius 3 is 2.03 bits per heavy atom. The van der Waals surface area contributed by atoms with Gasteiger partial charge in [0.1, 0.15) is 16.2 Å². The largest absolute Gasteiger partial charge is 0.443 e. The molecule has 0 aromatic heterocycles. The molecule has 0 spiro atoms. The summed E-state index contributed by atoms with van der Waals surface area (Å²) in [5.41, 5.74) is 0.108. The summed E-state index contributed by atoms with van der Waals surface area (Å²) >= 11 is 3.33. The van der Waals surface area contributed by atoms with Crippen LogP contribution in [0.1, 0.15) is 56.1 Å². The van der Waals surface area contributed by atoms with E-state index in [0.29, 0.717) is 25.5 Å². The molecule has 0 aliphatic carbocycles. The van der Waals surface area contributed by atoms with E-state index >= 15 is 0 Å². The summed E-state index contributed by atoms with van der Waals surface area (Å²) in [6.07, 6.45) is -0.984. The maximum Gasteiger partial charge on any atom is 0.423 e. The number of hydrogen-bond donors (Lipinski definition) is 0. The van der Waals surface area contributed by atoms with Gasteiger partial charge in [-0.15, -0.1) is 0 Å². The number of rotatable bonds is 5. The van der Waals surface area contributed by atoms with Crippen LogP contribution in [0.4, 0.5) is 9.18 Å². The number of carbonyl (C=O) groups is 2. The van der Waals surface area contributed by atoms with Gasteiger partial charge in [0.15, 0.2) is 5.78 Å². The SMILES string of the molecule is CN(C(=O)OC(C)(C)C)S(=O)(=O)C(C)(C)c1ccc(C(=O)c2ccc(F)cc2)c(Br)c1. The van der Waals surface area contributed by atoms with Crippen LogP contribution in [0.5, 0.6) is 0 Å². The van der Waals surface area contributed by atoms with Crippen molar-refractivity contribution in [2.75, 3.05) is 7.05 Å². The van der Waals surface area contributed by atoms with Gasteiger partial charge in [-0.3, -0.25) is 4.79 Å². The van der Waals surface area contributed by atoms with Crippen molar-refractivity contribution in [3.8, 4) is 0 Å². The highest BCUT2D eigenvalue weighted by molar-refractivity contribution is 9.10. The zero-order valence-corrected chi connectivity index (χ0v) is 20.6. The summed E-state index contributed by atoms with van der Waals surface area (Å²) < 4.78 is 44.1. The Kier molecular flexibility index (Phi) is 7.02. The first kappa shape index (κ1) is 25.0. The van der Waals surface area contributed by atoms with Crippen LogP contribution in [0.25, 0.3) is 0 Å². The molecule has 2 rings (SSSR count). The molecule has 0 radical (unpaired) electrons. The Hall–Kier alpha value is -2.26. The van der Waals surface area contributed by atoms with Gasteiger partial charge in [0.2, 0.25) is 10.0 Å². The Labute approximate surface area is 190 Å². The standard InChI is InChI=1S/C22H25BrFNO5S/c1-21(2,3)30-20(27)25(6)31(28,29)22(4,5)15-9-12-17(18(23)13-15)19(26)14-7-10-16(24)11-8-14/h7-13H,1-6H3. The second-order valence-corrected chi connectivity index (χ2v) is 11.9. The Morgan fingerprint density at radius 2 is 1.55 bits per heavy atom. The highest BCUT2D eigenvalue weighted by Gasteiger charge is 2.43. The van der Waals surface area contributed by atoms with Gasteiger partial charge >= 0.3 is 6.09 Å². The predicted molar refractivity (Wildman–Crippen MR) is 120 cm³/mol. The fourth-order valence-corrected chi connectivity index (χ4v) is 4.65. The molecule has 0 saturated heterocycles. The van der Waals surface area contributed by atoms with E-state index in [1.54, 1.807) is 20.8 Å². The second-order valence-electron chi connectivity index (χ2n) is 8.49. The van der Waals surface area contributed by atoms with Crippen molar-refractivity contribution in [3.63, 3.8) is 0 Å². The van der Waals surface area contributed by atoms with Crippen LogP contribution in [-0.2, 0) is 19.5 Å². The van der Waals surface area contributed by atoms with E-state index in [0.717, 1.165) is 7.05 Å². The Morgan fingerprint density at radius 1 is 1.00 bits per heavy atom. The number of nitrogens with zero attached hydrogens (tertiary/aromatic N) is 1. The normalized spacial score (nSPS) is 12.4. The molecule has 0 aliphatic heterocycles. The molecule has 168 valence electrons. The topological polar surface area (TPSA) is 80.8 Å². The molecule has 9 heteroatoms. The van der Waals surface area contributed by atoms with Gasteiger partial charge in [0.25, 0.3) is 0 Å². The number of halogens is 2. The zero-order chi connectivity index (χ0) is 23.8. The quantitative estimate of drug-likeness (QED) is 0.510. The monoisotopic (exact) mass is 513 g/mol. The molecule has 0 N–H and O–H groups in total. The van der Waals surface area contributed by atoms with E-state index in [9.17, 15) is 22.4 Å². The van der Waals surface area contributed by atoms with Crippen LogP contribution < -0.4 is 0 Å². The maximum absolute atomic E-state index is 13.2. The molecular formula is C22H25BrFNO5S. The van der Waals surface area contributed by atoms with Crippen LogP contribution in [0, 0.1) is 5.82 Å². The molecule has 6 nitrogen and oxygen atoms in total. The predicted octanol–water partition coefficient (Wildman–Crippen LogP) is 5.25. The van der Waals surface area contributed by atoms with Crippen molar-refractivity contribution in [1.29, 1.82) is 0 Å². The molecule has 31 heavy (non-hydrogen) atoms. The van der Waals surface area contributed by atoms with E-state index in [1.165, 1.54) is 56.3 Å². The first-order chi connectivity index (χ1) is 14.1. The summed E-state index contributed by atoms with van der Waals surface area (Å²) in [6, 6.07) is 9.68. The number of hydrogen-bond acceptors (Lipinski definition) is 5. The first-order valence-electron chi connectivity index (χ1n) is 9.39. The number of benzene rings is 2. The summed E-state index contributed by atoms with van der Waals surface area (Å²) in [5.74, 6) is -0.794. The molecular weight excluding hydrogens is 489 g/mol. The Bertz CT molecular complexity index is 1110. The van der Waals surface area contributed by atoms with E-state index in [4.69, 9.17) is 4.74 Å². The van der Waals surface area contributed by atoms with Crippen molar-refractivity contribution in [1.82, 2.24) is 4.31 Å². The second kappa shape index (κ2) is 8.70. The highest BCUT2D eigenvalue weighted by atomic mass is 79.9.